The summed E-state index contributed by atoms with van der Waals surface area (Å²) >= 11 is 0. The summed E-state index contributed by atoms with van der Waals surface area (Å²) in [6, 6.07) is 5.03. The normalized spacial score (nSPS) is 11.1. The van der Waals surface area contributed by atoms with Crippen LogP contribution in [-0.2, 0) is 17.8 Å². The minimum absolute atomic E-state index is 0.274. The lowest BCUT2D eigenvalue weighted by molar-refractivity contribution is 0.185. The zero-order valence-corrected chi connectivity index (χ0v) is 13.3. The van der Waals surface area contributed by atoms with Crippen LogP contribution in [0.15, 0.2) is 28.9 Å². The Bertz CT molecular complexity index is 823. The van der Waals surface area contributed by atoms with E-state index in [0.29, 0.717) is 23.4 Å². The van der Waals surface area contributed by atoms with Crippen molar-refractivity contribution in [1.29, 1.82) is 0 Å². The quantitative estimate of drug-likeness (QED) is 0.776. The van der Waals surface area contributed by atoms with Gasteiger partial charge in [-0.15, -0.1) is 0 Å². The number of aromatic nitrogens is 3. The van der Waals surface area contributed by atoms with Gasteiger partial charge < -0.3 is 9.26 Å². The maximum absolute atomic E-state index is 14.4. The van der Waals surface area contributed by atoms with Crippen LogP contribution >= 0.6 is 0 Å². The standard InChI is InChI=1S/C17H18FN3O2/c1-4-11-6-5-7-14(18)15(11)16-13(9-22-3)17(23-21-16)12-8-19-20-10(12)2/h5-8H,4,9H2,1-3H3,(H,19,20). The van der Waals surface area contributed by atoms with Crippen LogP contribution in [-0.4, -0.2) is 22.5 Å². The van der Waals surface area contributed by atoms with Crippen molar-refractivity contribution in [3.05, 3.63) is 47.0 Å². The van der Waals surface area contributed by atoms with Crippen LogP contribution in [0, 0.1) is 12.7 Å². The molecule has 0 saturated heterocycles. The van der Waals surface area contributed by atoms with E-state index in [0.717, 1.165) is 22.4 Å². The number of benzene rings is 1. The number of ether oxygens (including phenoxy) is 1. The number of rotatable bonds is 5. The fourth-order valence-corrected chi connectivity index (χ4v) is 2.70. The molecule has 2 aromatic heterocycles. The molecule has 0 bridgehead atoms. The first kappa shape index (κ1) is 15.4. The van der Waals surface area contributed by atoms with Crippen molar-refractivity contribution in [2.24, 2.45) is 0 Å². The highest BCUT2D eigenvalue weighted by Gasteiger charge is 2.24. The molecule has 0 unspecified atom stereocenters. The number of hydrogen-bond donors (Lipinski definition) is 1. The Labute approximate surface area is 133 Å². The van der Waals surface area contributed by atoms with E-state index >= 15 is 0 Å². The monoisotopic (exact) mass is 315 g/mol. The number of nitrogens with zero attached hydrogens (tertiary/aromatic N) is 2. The Morgan fingerprint density at radius 1 is 1.35 bits per heavy atom. The summed E-state index contributed by atoms with van der Waals surface area (Å²) in [4.78, 5) is 0. The Hall–Kier alpha value is -2.47. The average Bonchev–Trinajstić information content (AvgIpc) is 3.13. The van der Waals surface area contributed by atoms with Gasteiger partial charge >= 0.3 is 0 Å². The van der Waals surface area contributed by atoms with Gasteiger partial charge in [-0.1, -0.05) is 24.2 Å². The van der Waals surface area contributed by atoms with Crippen LogP contribution in [0.2, 0.25) is 0 Å². The van der Waals surface area contributed by atoms with E-state index in [4.69, 9.17) is 9.26 Å². The van der Waals surface area contributed by atoms with E-state index in [9.17, 15) is 4.39 Å². The predicted molar refractivity (Wildman–Crippen MR) is 84.3 cm³/mol. The Morgan fingerprint density at radius 3 is 2.83 bits per heavy atom. The van der Waals surface area contributed by atoms with Crippen molar-refractivity contribution in [3.63, 3.8) is 0 Å². The average molecular weight is 315 g/mol. The summed E-state index contributed by atoms with van der Waals surface area (Å²) in [7, 11) is 1.59. The van der Waals surface area contributed by atoms with Crippen molar-refractivity contribution in [1.82, 2.24) is 15.4 Å². The first-order valence-corrected chi connectivity index (χ1v) is 7.42. The third kappa shape index (κ3) is 2.66. The van der Waals surface area contributed by atoms with Gasteiger partial charge in [0, 0.05) is 18.4 Å². The van der Waals surface area contributed by atoms with E-state index < -0.39 is 0 Å². The molecule has 0 aliphatic heterocycles. The highest BCUT2D eigenvalue weighted by atomic mass is 19.1. The van der Waals surface area contributed by atoms with Gasteiger partial charge in [0.05, 0.1) is 23.9 Å². The summed E-state index contributed by atoms with van der Waals surface area (Å²) in [5, 5.41) is 11.0. The topological polar surface area (TPSA) is 63.9 Å². The molecule has 1 N–H and O–H groups in total. The molecular formula is C17H18FN3O2. The molecule has 0 atom stereocenters. The van der Waals surface area contributed by atoms with Gasteiger partial charge in [-0.05, 0) is 25.0 Å². The van der Waals surface area contributed by atoms with E-state index in [1.54, 1.807) is 19.4 Å². The fraction of sp³-hybridized carbons (Fsp3) is 0.294. The van der Waals surface area contributed by atoms with Crippen molar-refractivity contribution in [2.75, 3.05) is 7.11 Å². The Kier molecular flexibility index (Phi) is 4.25. The third-order valence-corrected chi connectivity index (χ3v) is 3.87. The summed E-state index contributed by atoms with van der Waals surface area (Å²) in [6.07, 6.45) is 2.37. The maximum Gasteiger partial charge on any atom is 0.176 e. The molecular weight excluding hydrogens is 297 g/mol. The number of halogens is 1. The van der Waals surface area contributed by atoms with Crippen LogP contribution in [0.25, 0.3) is 22.6 Å². The minimum Gasteiger partial charge on any atom is -0.380 e. The molecule has 0 aliphatic rings. The molecule has 1 aromatic carbocycles. The molecule has 3 aromatic rings. The first-order valence-electron chi connectivity index (χ1n) is 7.42. The highest BCUT2D eigenvalue weighted by Crippen LogP contribution is 2.36. The lowest BCUT2D eigenvalue weighted by Gasteiger charge is -2.08. The van der Waals surface area contributed by atoms with Gasteiger partial charge in [0.15, 0.2) is 5.76 Å². The maximum atomic E-state index is 14.4. The summed E-state index contributed by atoms with van der Waals surface area (Å²) < 4.78 is 25.2. The van der Waals surface area contributed by atoms with Crippen molar-refractivity contribution < 1.29 is 13.7 Å². The number of methoxy groups -OCH3 is 1. The van der Waals surface area contributed by atoms with Crippen molar-refractivity contribution in [2.45, 2.75) is 26.9 Å². The molecule has 0 aliphatic carbocycles. The van der Waals surface area contributed by atoms with Crippen LogP contribution < -0.4 is 0 Å². The smallest absolute Gasteiger partial charge is 0.176 e. The van der Waals surface area contributed by atoms with Crippen molar-refractivity contribution in [3.8, 4) is 22.6 Å². The number of aryl methyl sites for hydroxylation is 2. The second kappa shape index (κ2) is 6.34. The Morgan fingerprint density at radius 2 is 2.17 bits per heavy atom. The zero-order chi connectivity index (χ0) is 16.4. The highest BCUT2D eigenvalue weighted by molar-refractivity contribution is 5.75. The molecule has 0 saturated carbocycles. The van der Waals surface area contributed by atoms with Gasteiger partial charge in [0.25, 0.3) is 0 Å². The molecule has 0 fully saturated rings. The predicted octanol–water partition coefficient (Wildman–Crippen LogP) is 3.89. The van der Waals surface area contributed by atoms with Crippen LogP contribution in [0.3, 0.4) is 0 Å². The number of aromatic amines is 1. The fourth-order valence-electron chi connectivity index (χ4n) is 2.70. The van der Waals surface area contributed by atoms with Gasteiger partial charge in [-0.25, -0.2) is 4.39 Å². The van der Waals surface area contributed by atoms with Crippen LogP contribution in [0.5, 0.6) is 0 Å². The van der Waals surface area contributed by atoms with Gasteiger partial charge in [0.1, 0.15) is 11.5 Å². The summed E-state index contributed by atoms with van der Waals surface area (Å²) in [6.45, 7) is 4.15. The lowest BCUT2D eigenvalue weighted by Crippen LogP contribution is -1.97. The lowest BCUT2D eigenvalue weighted by atomic mass is 9.97. The molecule has 2 heterocycles. The second-order valence-electron chi connectivity index (χ2n) is 5.31. The molecule has 0 spiro atoms. The van der Waals surface area contributed by atoms with Gasteiger partial charge in [-0.3, -0.25) is 5.10 Å². The van der Waals surface area contributed by atoms with E-state index in [-0.39, 0.29) is 12.4 Å². The Balaban J connectivity index is 2.22. The SMILES string of the molecule is CCc1cccc(F)c1-c1noc(-c2cn[nH]c2C)c1COC. The van der Waals surface area contributed by atoms with Crippen LogP contribution in [0.1, 0.15) is 23.7 Å². The number of H-pyrrole nitrogens is 1. The third-order valence-electron chi connectivity index (χ3n) is 3.87. The van der Waals surface area contributed by atoms with Crippen LogP contribution in [0.4, 0.5) is 4.39 Å². The van der Waals surface area contributed by atoms with E-state index in [2.05, 4.69) is 15.4 Å². The molecule has 120 valence electrons. The largest absolute Gasteiger partial charge is 0.380 e. The number of hydrogen-bond acceptors (Lipinski definition) is 4. The van der Waals surface area contributed by atoms with Crippen molar-refractivity contribution >= 4 is 0 Å². The molecule has 5 nitrogen and oxygen atoms in total. The van der Waals surface area contributed by atoms with Gasteiger partial charge in [-0.2, -0.15) is 5.10 Å². The second-order valence-corrected chi connectivity index (χ2v) is 5.31. The first-order chi connectivity index (χ1) is 11.2. The van der Waals surface area contributed by atoms with E-state index in [1.165, 1.54) is 6.07 Å². The minimum atomic E-state index is -0.314. The molecule has 3 rings (SSSR count). The molecule has 23 heavy (non-hydrogen) atoms. The molecule has 0 radical (unpaired) electrons. The molecule has 0 amide bonds. The summed E-state index contributed by atoms with van der Waals surface area (Å²) in [5.41, 5.74) is 4.21. The summed E-state index contributed by atoms with van der Waals surface area (Å²) in [5.74, 6) is 0.240. The van der Waals surface area contributed by atoms with Gasteiger partial charge in [0.2, 0.25) is 0 Å². The number of nitrogens with one attached hydrogen (secondary N) is 1. The van der Waals surface area contributed by atoms with E-state index in [1.807, 2.05) is 19.9 Å². The zero-order valence-electron chi connectivity index (χ0n) is 13.3. The molecule has 6 heteroatoms.